The van der Waals surface area contributed by atoms with Crippen LogP contribution in [0.1, 0.15) is 107 Å². The lowest BCUT2D eigenvalue weighted by atomic mass is 9.34. The normalized spacial score (nSPS) is 43.1. The molecule has 12 atom stereocenters. The Morgan fingerprint density at radius 2 is 1.75 bits per heavy atom. The highest BCUT2D eigenvalue weighted by atomic mass is 32.2. The monoisotopic (exact) mass is 689 g/mol. The molecule has 48 heavy (non-hydrogen) atoms. The highest BCUT2D eigenvalue weighted by molar-refractivity contribution is 7.98. The minimum atomic E-state index is -0.666. The van der Waals surface area contributed by atoms with Gasteiger partial charge in [0.1, 0.15) is 12.2 Å². The second-order valence-electron chi connectivity index (χ2n) is 17.7. The average molecular weight is 690 g/mol. The van der Waals surface area contributed by atoms with Crippen LogP contribution in [0, 0.1) is 56.7 Å². The number of hydrogen-bond acceptors (Lipinski definition) is 8. The molecule has 0 spiro atoms. The van der Waals surface area contributed by atoms with Crippen molar-refractivity contribution in [2.24, 2.45) is 56.7 Å². The zero-order valence-corrected chi connectivity index (χ0v) is 32.1. The number of nitrogens with one attached hydrogen (secondary N) is 1. The second-order valence-corrected chi connectivity index (χ2v) is 18.7. The number of ether oxygens (including phenoxy) is 3. The molecule has 0 radical (unpaired) electrons. The van der Waals surface area contributed by atoms with Crippen LogP contribution in [0.25, 0.3) is 0 Å². The maximum atomic E-state index is 13.4. The van der Waals surface area contributed by atoms with Crippen LogP contribution in [0.2, 0.25) is 0 Å². The van der Waals surface area contributed by atoms with Crippen molar-refractivity contribution < 1.29 is 33.7 Å². The van der Waals surface area contributed by atoms with Crippen LogP contribution in [0.4, 0.5) is 0 Å². The van der Waals surface area contributed by atoms with E-state index in [9.17, 15) is 19.5 Å². The number of carbonyl (C=O) groups excluding carboxylic acids is 2. The number of carboxylic acid groups (broad SMARTS) is 1. The second kappa shape index (κ2) is 13.5. The summed E-state index contributed by atoms with van der Waals surface area (Å²) >= 11 is 1.79. The van der Waals surface area contributed by atoms with Gasteiger partial charge in [-0.05, 0) is 104 Å². The van der Waals surface area contributed by atoms with E-state index in [4.69, 9.17) is 14.2 Å². The summed E-state index contributed by atoms with van der Waals surface area (Å²) in [6, 6.07) is 0.189. The van der Waals surface area contributed by atoms with Gasteiger partial charge in [0, 0.05) is 23.8 Å². The summed E-state index contributed by atoms with van der Waals surface area (Å²) in [5.74, 6) is 0.270. The molecule has 5 aliphatic rings. The van der Waals surface area contributed by atoms with Crippen molar-refractivity contribution in [2.75, 3.05) is 31.8 Å². The van der Waals surface area contributed by atoms with E-state index < -0.39 is 34.9 Å². The predicted molar refractivity (Wildman–Crippen MR) is 189 cm³/mol. The predicted octanol–water partition coefficient (Wildman–Crippen LogP) is 7.15. The maximum absolute atomic E-state index is 13.4. The fourth-order valence-electron chi connectivity index (χ4n) is 11.9. The van der Waals surface area contributed by atoms with E-state index in [2.05, 4.69) is 73.0 Å². The van der Waals surface area contributed by atoms with Crippen LogP contribution in [0.5, 0.6) is 0 Å². The third kappa shape index (κ3) is 5.87. The van der Waals surface area contributed by atoms with Gasteiger partial charge in [-0.25, -0.2) is 0 Å². The highest BCUT2D eigenvalue weighted by Gasteiger charge is 2.72. The molecule has 5 rings (SSSR count). The van der Waals surface area contributed by atoms with Crippen molar-refractivity contribution in [2.45, 2.75) is 126 Å². The molecule has 1 heterocycles. The molecule has 2 N–H and O–H groups in total. The molecule has 0 amide bonds. The van der Waals surface area contributed by atoms with Gasteiger partial charge in [0.15, 0.2) is 0 Å². The van der Waals surface area contributed by atoms with Gasteiger partial charge < -0.3 is 24.6 Å². The molecular weight excluding hydrogens is 626 g/mol. The van der Waals surface area contributed by atoms with Gasteiger partial charge in [0.2, 0.25) is 0 Å². The summed E-state index contributed by atoms with van der Waals surface area (Å²) in [5.41, 5.74) is -0.438. The van der Waals surface area contributed by atoms with Gasteiger partial charge in [0.25, 0.3) is 0 Å². The lowest BCUT2D eigenvalue weighted by molar-refractivity contribution is -0.262. The lowest BCUT2D eigenvalue weighted by Gasteiger charge is -2.71. The Bertz CT molecular complexity index is 1290. The topological polar surface area (TPSA) is 111 Å². The first-order valence-electron chi connectivity index (χ1n) is 18.5. The molecule has 9 heteroatoms. The quantitative estimate of drug-likeness (QED) is 0.173. The van der Waals surface area contributed by atoms with E-state index in [1.54, 1.807) is 11.8 Å². The Labute approximate surface area is 293 Å². The third-order valence-electron chi connectivity index (χ3n) is 15.0. The molecular formula is C39H63NO7S. The number of fused-ring (bicyclic) bond motifs is 3. The van der Waals surface area contributed by atoms with Gasteiger partial charge in [0.05, 0.1) is 25.7 Å². The number of rotatable bonds is 11. The summed E-state index contributed by atoms with van der Waals surface area (Å²) < 4.78 is 18.9. The van der Waals surface area contributed by atoms with E-state index in [0.29, 0.717) is 32.0 Å². The lowest BCUT2D eigenvalue weighted by Crippen LogP contribution is -2.70. The van der Waals surface area contributed by atoms with E-state index in [-0.39, 0.29) is 58.5 Å². The first-order valence-corrected chi connectivity index (χ1v) is 19.9. The van der Waals surface area contributed by atoms with E-state index >= 15 is 0 Å². The summed E-state index contributed by atoms with van der Waals surface area (Å²) in [6.07, 6.45) is 9.27. The number of hydrogen-bond donors (Lipinski definition) is 2. The molecule has 2 bridgehead atoms. The molecule has 1 unspecified atom stereocenters. The molecule has 1 saturated heterocycles. The van der Waals surface area contributed by atoms with Crippen molar-refractivity contribution in [1.82, 2.24) is 5.32 Å². The fourth-order valence-corrected chi connectivity index (χ4v) is 12.5. The number of esters is 2. The van der Waals surface area contributed by atoms with Crippen LogP contribution in [0.15, 0.2) is 11.6 Å². The molecule has 4 aliphatic carbocycles. The number of carbonyl (C=O) groups is 3. The molecule has 3 saturated carbocycles. The Morgan fingerprint density at radius 1 is 1.04 bits per heavy atom. The van der Waals surface area contributed by atoms with Crippen LogP contribution < -0.4 is 5.32 Å². The number of allylic oxidation sites excluding steroid dienone is 1. The van der Waals surface area contributed by atoms with Gasteiger partial charge in [-0.2, -0.15) is 11.8 Å². The van der Waals surface area contributed by atoms with Crippen molar-refractivity contribution >= 4 is 29.7 Å². The maximum Gasteiger partial charge on any atom is 0.320 e. The van der Waals surface area contributed by atoms with Crippen LogP contribution in [0.3, 0.4) is 0 Å². The van der Waals surface area contributed by atoms with Crippen molar-refractivity contribution in [3.05, 3.63) is 11.6 Å². The summed E-state index contributed by atoms with van der Waals surface area (Å²) in [5, 5.41) is 14.3. The Kier molecular flexibility index (Phi) is 10.6. The van der Waals surface area contributed by atoms with E-state index in [0.717, 1.165) is 37.9 Å². The molecule has 1 aliphatic heterocycles. The van der Waals surface area contributed by atoms with E-state index in [1.165, 1.54) is 12.5 Å². The molecule has 0 aromatic heterocycles. The fraction of sp³-hybridized carbons (Fsp3) is 0.872. The number of aliphatic carboxylic acids is 1. The smallest absolute Gasteiger partial charge is 0.320 e. The Balaban J connectivity index is 1.50. The molecule has 0 aromatic carbocycles. The summed E-state index contributed by atoms with van der Waals surface area (Å²) in [4.78, 5) is 39.3. The number of carboxylic acids is 1. The molecule has 272 valence electrons. The molecule has 8 nitrogen and oxygen atoms in total. The minimum absolute atomic E-state index is 0.106. The standard InChI is InChI=1S/C39H63NO7S/c1-23(2)25(4)35(6)16-17-37(8)27-11-12-30-36(7)21-45-22-39(30,28(27)13-15-38(37,9)32(35)34(43)44)19-29(46-26(5)41)33(36)47-31(42)20-40-24(3)14-18-48-10/h13,23-25,27,29-30,32-33,40H,11-12,14-22H2,1-10H3,(H,43,44)/t24?,25-,27+,29-,30+,32-,33+,35-,36-,37-,38+,39+/m1/s1. The molecule has 4 fully saturated rings. The van der Waals surface area contributed by atoms with Crippen LogP contribution >= 0.6 is 11.8 Å². The average Bonchev–Trinajstić information content (AvgIpc) is 3.00. The zero-order valence-electron chi connectivity index (χ0n) is 31.3. The highest BCUT2D eigenvalue weighted by Crippen LogP contribution is 2.75. The Hall–Kier alpha value is -1.58. The zero-order chi connectivity index (χ0) is 35.4. The minimum Gasteiger partial charge on any atom is -0.481 e. The Morgan fingerprint density at radius 3 is 2.38 bits per heavy atom. The first-order chi connectivity index (χ1) is 22.4. The van der Waals surface area contributed by atoms with Crippen molar-refractivity contribution in [1.29, 1.82) is 0 Å². The van der Waals surface area contributed by atoms with Crippen LogP contribution in [-0.2, 0) is 28.6 Å². The summed E-state index contributed by atoms with van der Waals surface area (Å²) in [7, 11) is 0. The van der Waals surface area contributed by atoms with Gasteiger partial charge in [-0.1, -0.05) is 60.1 Å². The van der Waals surface area contributed by atoms with Crippen molar-refractivity contribution in [3.63, 3.8) is 0 Å². The van der Waals surface area contributed by atoms with Gasteiger partial charge in [-0.15, -0.1) is 0 Å². The van der Waals surface area contributed by atoms with Gasteiger partial charge >= 0.3 is 17.9 Å². The van der Waals surface area contributed by atoms with Crippen molar-refractivity contribution in [3.8, 4) is 0 Å². The molecule has 0 aromatic rings. The van der Waals surface area contributed by atoms with E-state index in [1.807, 2.05) is 0 Å². The number of thioether (sulfide) groups is 1. The largest absolute Gasteiger partial charge is 0.481 e. The third-order valence-corrected chi connectivity index (χ3v) is 15.6. The summed E-state index contributed by atoms with van der Waals surface area (Å²) in [6.45, 7) is 20.4. The first kappa shape index (κ1) is 37.7. The SMILES string of the molecule is CSCCC(C)NCC(=O)O[C@H]1[C@H](OC(C)=O)C[C@@]23COC[C@]1(C)[C@@H]2CC[C@H]1C3=CC[C@@]2(C)[C@H](C(=O)O)[C@@](C)([C@H](C)C(C)C)CC[C@]12C. The van der Waals surface area contributed by atoms with Gasteiger partial charge in [-0.3, -0.25) is 14.4 Å². The van der Waals surface area contributed by atoms with Crippen LogP contribution in [-0.4, -0.2) is 73.0 Å².